The molecule has 0 saturated heterocycles. The van der Waals surface area contributed by atoms with Gasteiger partial charge in [-0.2, -0.15) is 0 Å². The molecule has 0 bridgehead atoms. The lowest BCUT2D eigenvalue weighted by molar-refractivity contribution is -0.115. The molecule has 4 heteroatoms. The van der Waals surface area contributed by atoms with Crippen LogP contribution in [0.25, 0.3) is 0 Å². The van der Waals surface area contributed by atoms with Gasteiger partial charge in [0, 0.05) is 12.8 Å². The van der Waals surface area contributed by atoms with Gasteiger partial charge in [0.2, 0.25) is 5.91 Å². The van der Waals surface area contributed by atoms with Crippen molar-refractivity contribution in [3.63, 3.8) is 0 Å². The summed E-state index contributed by atoms with van der Waals surface area (Å²) in [5.74, 6) is 0.0614. The Kier molecular flexibility index (Phi) is 5.35. The molecule has 0 spiro atoms. The average molecular weight is 285 g/mol. The van der Waals surface area contributed by atoms with E-state index in [9.17, 15) is 9.90 Å². The molecule has 0 atom stereocenters. The molecule has 0 saturated carbocycles. The second-order valence-electron chi connectivity index (χ2n) is 4.79. The molecule has 0 unspecified atom stereocenters. The van der Waals surface area contributed by atoms with Crippen molar-refractivity contribution in [3.05, 3.63) is 59.7 Å². The fraction of sp³-hybridized carbons (Fsp3) is 0.235. The Bertz CT molecular complexity index is 610. The Morgan fingerprint density at radius 1 is 1.19 bits per heavy atom. The topological polar surface area (TPSA) is 58.6 Å². The zero-order valence-electron chi connectivity index (χ0n) is 12.0. The molecule has 0 aromatic heterocycles. The number of aromatic hydroxyl groups is 1. The Morgan fingerprint density at radius 2 is 2.00 bits per heavy atom. The highest BCUT2D eigenvalue weighted by Gasteiger charge is 2.08. The highest BCUT2D eigenvalue weighted by molar-refractivity contribution is 5.93. The number of ether oxygens (including phenoxy) is 1. The van der Waals surface area contributed by atoms with Crippen LogP contribution in [0, 0.1) is 0 Å². The molecule has 2 aromatic carbocycles. The molecule has 0 aliphatic rings. The van der Waals surface area contributed by atoms with Crippen LogP contribution in [-0.2, 0) is 22.4 Å². The van der Waals surface area contributed by atoms with E-state index >= 15 is 0 Å². The van der Waals surface area contributed by atoms with Crippen LogP contribution < -0.4 is 5.32 Å². The van der Waals surface area contributed by atoms with Crippen molar-refractivity contribution in [2.45, 2.75) is 12.8 Å². The number of rotatable bonds is 6. The van der Waals surface area contributed by atoms with Crippen molar-refractivity contribution >= 4 is 11.6 Å². The number of hydrogen-bond donors (Lipinski definition) is 2. The van der Waals surface area contributed by atoms with Crippen LogP contribution in [-0.4, -0.2) is 24.7 Å². The second kappa shape index (κ2) is 7.45. The van der Waals surface area contributed by atoms with Crippen LogP contribution in [0.3, 0.4) is 0 Å². The predicted octanol–water partition coefficient (Wildman–Crippen LogP) is 2.76. The third kappa shape index (κ3) is 4.61. The molecule has 0 aliphatic carbocycles. The third-order valence-corrected chi connectivity index (χ3v) is 3.14. The number of carbonyl (C=O) groups is 1. The van der Waals surface area contributed by atoms with Gasteiger partial charge in [-0.3, -0.25) is 4.79 Å². The maximum Gasteiger partial charge on any atom is 0.228 e. The quantitative estimate of drug-likeness (QED) is 0.858. The smallest absolute Gasteiger partial charge is 0.228 e. The van der Waals surface area contributed by atoms with Crippen LogP contribution in [0.5, 0.6) is 5.75 Å². The van der Waals surface area contributed by atoms with E-state index in [0.29, 0.717) is 6.61 Å². The molecule has 2 aromatic rings. The molecular formula is C17H19NO3. The summed E-state index contributed by atoms with van der Waals surface area (Å²) < 4.78 is 5.07. The SMILES string of the molecule is COCCc1ccccc1NC(=O)Cc1cccc(O)c1. The fourth-order valence-electron chi connectivity index (χ4n) is 2.12. The standard InChI is InChI=1S/C17H19NO3/c1-21-10-9-14-6-2-3-8-16(14)18-17(20)12-13-5-4-7-15(19)11-13/h2-8,11,19H,9-10,12H2,1H3,(H,18,20). The lowest BCUT2D eigenvalue weighted by atomic mass is 10.1. The first kappa shape index (κ1) is 15.1. The van der Waals surface area contributed by atoms with E-state index in [0.717, 1.165) is 23.2 Å². The first-order chi connectivity index (χ1) is 10.2. The normalized spacial score (nSPS) is 10.3. The summed E-state index contributed by atoms with van der Waals surface area (Å²) in [7, 11) is 1.66. The van der Waals surface area contributed by atoms with Crippen LogP contribution >= 0.6 is 0 Å². The molecule has 110 valence electrons. The van der Waals surface area contributed by atoms with E-state index in [4.69, 9.17) is 4.74 Å². The van der Waals surface area contributed by atoms with E-state index in [1.54, 1.807) is 25.3 Å². The molecule has 0 radical (unpaired) electrons. The number of phenolic OH excluding ortho intramolecular Hbond substituents is 1. The molecule has 0 fully saturated rings. The minimum Gasteiger partial charge on any atom is -0.508 e. The van der Waals surface area contributed by atoms with Crippen molar-refractivity contribution in [3.8, 4) is 5.75 Å². The lowest BCUT2D eigenvalue weighted by Gasteiger charge is -2.11. The summed E-state index contributed by atoms with van der Waals surface area (Å²) in [4.78, 5) is 12.1. The number of para-hydroxylation sites is 1. The van der Waals surface area contributed by atoms with Crippen molar-refractivity contribution in [1.29, 1.82) is 0 Å². The van der Waals surface area contributed by atoms with E-state index in [1.807, 2.05) is 30.3 Å². The molecule has 21 heavy (non-hydrogen) atoms. The predicted molar refractivity (Wildman–Crippen MR) is 82.5 cm³/mol. The van der Waals surface area contributed by atoms with Gasteiger partial charge in [-0.25, -0.2) is 0 Å². The zero-order chi connectivity index (χ0) is 15.1. The zero-order valence-corrected chi connectivity index (χ0v) is 12.0. The number of methoxy groups -OCH3 is 1. The maximum atomic E-state index is 12.1. The number of hydrogen-bond acceptors (Lipinski definition) is 3. The average Bonchev–Trinajstić information content (AvgIpc) is 2.46. The Morgan fingerprint density at radius 3 is 2.76 bits per heavy atom. The summed E-state index contributed by atoms with van der Waals surface area (Å²) in [5.41, 5.74) is 2.63. The van der Waals surface area contributed by atoms with Gasteiger partial charge >= 0.3 is 0 Å². The summed E-state index contributed by atoms with van der Waals surface area (Å²) >= 11 is 0. The van der Waals surface area contributed by atoms with Crippen LogP contribution in [0.15, 0.2) is 48.5 Å². The van der Waals surface area contributed by atoms with Gasteiger partial charge in [0.25, 0.3) is 0 Å². The summed E-state index contributed by atoms with van der Waals surface area (Å²) in [6.07, 6.45) is 0.978. The van der Waals surface area contributed by atoms with Gasteiger partial charge in [-0.05, 0) is 35.7 Å². The van der Waals surface area contributed by atoms with Crippen molar-refractivity contribution in [2.75, 3.05) is 19.0 Å². The molecule has 2 N–H and O–H groups in total. The first-order valence-corrected chi connectivity index (χ1v) is 6.83. The third-order valence-electron chi connectivity index (χ3n) is 3.14. The van der Waals surface area contributed by atoms with E-state index < -0.39 is 0 Å². The molecule has 0 aliphatic heterocycles. The van der Waals surface area contributed by atoms with Gasteiger partial charge in [0.15, 0.2) is 0 Å². The first-order valence-electron chi connectivity index (χ1n) is 6.83. The monoisotopic (exact) mass is 285 g/mol. The number of benzene rings is 2. The van der Waals surface area contributed by atoms with E-state index in [2.05, 4.69) is 5.32 Å². The Balaban J connectivity index is 2.02. The summed E-state index contributed by atoms with van der Waals surface area (Å²) in [6.45, 7) is 0.611. The summed E-state index contributed by atoms with van der Waals surface area (Å²) in [6, 6.07) is 14.4. The van der Waals surface area contributed by atoms with Gasteiger partial charge in [0.05, 0.1) is 13.0 Å². The van der Waals surface area contributed by atoms with Crippen molar-refractivity contribution in [1.82, 2.24) is 0 Å². The van der Waals surface area contributed by atoms with Gasteiger partial charge < -0.3 is 15.2 Å². The number of anilines is 1. The molecule has 1 amide bonds. The molecular weight excluding hydrogens is 266 g/mol. The minimum atomic E-state index is -0.106. The van der Waals surface area contributed by atoms with Crippen LogP contribution in [0.4, 0.5) is 5.69 Å². The fourth-order valence-corrected chi connectivity index (χ4v) is 2.12. The van der Waals surface area contributed by atoms with Crippen LogP contribution in [0.1, 0.15) is 11.1 Å². The highest BCUT2D eigenvalue weighted by Crippen LogP contribution is 2.17. The van der Waals surface area contributed by atoms with Crippen molar-refractivity contribution < 1.29 is 14.6 Å². The maximum absolute atomic E-state index is 12.1. The second-order valence-corrected chi connectivity index (χ2v) is 4.79. The van der Waals surface area contributed by atoms with E-state index in [-0.39, 0.29) is 18.1 Å². The molecule has 4 nitrogen and oxygen atoms in total. The lowest BCUT2D eigenvalue weighted by Crippen LogP contribution is -2.16. The number of carbonyl (C=O) groups excluding carboxylic acids is 1. The minimum absolute atomic E-state index is 0.106. The highest BCUT2D eigenvalue weighted by atomic mass is 16.5. The number of nitrogens with one attached hydrogen (secondary N) is 1. The Hall–Kier alpha value is -2.33. The van der Waals surface area contributed by atoms with Crippen LogP contribution in [0.2, 0.25) is 0 Å². The van der Waals surface area contributed by atoms with Gasteiger partial charge in [-0.1, -0.05) is 30.3 Å². The largest absolute Gasteiger partial charge is 0.508 e. The molecule has 0 heterocycles. The van der Waals surface area contributed by atoms with E-state index in [1.165, 1.54) is 0 Å². The Labute approximate surface area is 124 Å². The number of phenols is 1. The van der Waals surface area contributed by atoms with Gasteiger partial charge in [0.1, 0.15) is 5.75 Å². The van der Waals surface area contributed by atoms with Gasteiger partial charge in [-0.15, -0.1) is 0 Å². The molecule has 2 rings (SSSR count). The van der Waals surface area contributed by atoms with Crippen molar-refractivity contribution in [2.24, 2.45) is 0 Å². The number of amides is 1. The summed E-state index contributed by atoms with van der Waals surface area (Å²) in [5, 5.41) is 12.3.